The van der Waals surface area contributed by atoms with Gasteiger partial charge in [-0.3, -0.25) is 4.79 Å². The number of carbonyl (C=O) groups is 1. The monoisotopic (exact) mass is 419 g/mol. The van der Waals surface area contributed by atoms with E-state index >= 15 is 0 Å². The molecule has 0 saturated heterocycles. The van der Waals surface area contributed by atoms with E-state index in [1.807, 2.05) is 69.3 Å². The number of hydrogen-bond acceptors (Lipinski definition) is 3. The van der Waals surface area contributed by atoms with E-state index in [2.05, 4.69) is 22.0 Å². The summed E-state index contributed by atoms with van der Waals surface area (Å²) in [6.07, 6.45) is 0. The normalized spacial score (nSPS) is 10.2. The summed E-state index contributed by atoms with van der Waals surface area (Å²) in [5, 5.41) is 9.69. The molecular formula is C24H25N3O2S. The van der Waals surface area contributed by atoms with Crippen molar-refractivity contribution in [3.63, 3.8) is 0 Å². The number of nitrogens with one attached hydrogen (secondary N) is 3. The fourth-order valence-corrected chi connectivity index (χ4v) is 3.29. The fraction of sp³-hybridized carbons (Fsp3) is 0.167. The van der Waals surface area contributed by atoms with E-state index in [4.69, 9.17) is 17.0 Å². The van der Waals surface area contributed by atoms with E-state index in [1.165, 1.54) is 11.1 Å². The number of anilines is 3. The Kier molecular flexibility index (Phi) is 7.03. The van der Waals surface area contributed by atoms with Crippen LogP contribution in [0.15, 0.2) is 66.7 Å². The first-order chi connectivity index (χ1) is 14.4. The molecule has 0 saturated carbocycles. The van der Waals surface area contributed by atoms with E-state index in [9.17, 15) is 4.79 Å². The lowest BCUT2D eigenvalue weighted by Gasteiger charge is -2.12. The largest absolute Gasteiger partial charge is 0.494 e. The summed E-state index contributed by atoms with van der Waals surface area (Å²) in [5.74, 6) is 0.595. The van der Waals surface area contributed by atoms with Gasteiger partial charge in [-0.05, 0) is 105 Å². The molecular weight excluding hydrogens is 394 g/mol. The van der Waals surface area contributed by atoms with Crippen LogP contribution in [0, 0.1) is 13.8 Å². The molecule has 0 fully saturated rings. The molecule has 0 bridgehead atoms. The Balaban J connectivity index is 1.57. The molecule has 3 rings (SSSR count). The molecule has 6 heteroatoms. The maximum atomic E-state index is 12.5. The van der Waals surface area contributed by atoms with Gasteiger partial charge in [-0.2, -0.15) is 0 Å². The van der Waals surface area contributed by atoms with Crippen molar-refractivity contribution in [3.05, 3.63) is 83.4 Å². The lowest BCUT2D eigenvalue weighted by molar-refractivity contribution is 0.102. The summed E-state index contributed by atoms with van der Waals surface area (Å²) < 4.78 is 5.41. The van der Waals surface area contributed by atoms with Gasteiger partial charge >= 0.3 is 0 Å². The van der Waals surface area contributed by atoms with Gasteiger partial charge in [-0.15, -0.1) is 0 Å². The van der Waals surface area contributed by atoms with Crippen LogP contribution in [-0.2, 0) is 0 Å². The van der Waals surface area contributed by atoms with E-state index in [0.29, 0.717) is 23.0 Å². The van der Waals surface area contributed by atoms with Crippen LogP contribution < -0.4 is 20.7 Å². The summed E-state index contributed by atoms with van der Waals surface area (Å²) in [7, 11) is 0. The van der Waals surface area contributed by atoms with Crippen LogP contribution in [0.3, 0.4) is 0 Å². The Bertz CT molecular complexity index is 1010. The molecule has 1 amide bonds. The number of aryl methyl sites for hydroxylation is 2. The Morgan fingerprint density at radius 2 is 1.33 bits per heavy atom. The van der Waals surface area contributed by atoms with Crippen molar-refractivity contribution in [3.8, 4) is 5.75 Å². The van der Waals surface area contributed by atoms with E-state index in [0.717, 1.165) is 17.1 Å². The second kappa shape index (κ2) is 9.89. The van der Waals surface area contributed by atoms with E-state index < -0.39 is 0 Å². The number of thiocarbonyl (C=S) groups is 1. The molecule has 0 aliphatic heterocycles. The Morgan fingerprint density at radius 3 is 1.93 bits per heavy atom. The fourth-order valence-electron chi connectivity index (χ4n) is 3.05. The van der Waals surface area contributed by atoms with Crippen LogP contribution >= 0.6 is 12.2 Å². The van der Waals surface area contributed by atoms with Crippen LogP contribution in [0.1, 0.15) is 28.4 Å². The number of hydrogen-bond donors (Lipinski definition) is 3. The maximum Gasteiger partial charge on any atom is 0.255 e. The molecule has 3 N–H and O–H groups in total. The van der Waals surface area contributed by atoms with Gasteiger partial charge in [0.2, 0.25) is 0 Å². The van der Waals surface area contributed by atoms with Crippen molar-refractivity contribution >= 4 is 40.3 Å². The highest BCUT2D eigenvalue weighted by Gasteiger charge is 2.07. The molecule has 0 aliphatic carbocycles. The number of rotatable bonds is 6. The van der Waals surface area contributed by atoms with Crippen LogP contribution in [-0.4, -0.2) is 17.6 Å². The van der Waals surface area contributed by atoms with Gasteiger partial charge in [0, 0.05) is 22.6 Å². The maximum absolute atomic E-state index is 12.5. The zero-order chi connectivity index (χ0) is 21.5. The average Bonchev–Trinajstić information content (AvgIpc) is 2.69. The topological polar surface area (TPSA) is 62.4 Å². The van der Waals surface area contributed by atoms with Crippen molar-refractivity contribution in [2.75, 3.05) is 22.6 Å². The summed E-state index contributed by atoms with van der Waals surface area (Å²) in [4.78, 5) is 12.5. The average molecular weight is 420 g/mol. The van der Waals surface area contributed by atoms with Gasteiger partial charge in [-0.25, -0.2) is 0 Å². The zero-order valence-corrected chi connectivity index (χ0v) is 18.1. The molecule has 0 atom stereocenters. The molecule has 0 aromatic heterocycles. The summed E-state index contributed by atoms with van der Waals surface area (Å²) in [6.45, 7) is 6.63. The van der Waals surface area contributed by atoms with Gasteiger partial charge in [0.15, 0.2) is 5.11 Å². The van der Waals surface area contributed by atoms with Crippen molar-refractivity contribution in [1.29, 1.82) is 0 Å². The van der Waals surface area contributed by atoms with Crippen LogP contribution in [0.5, 0.6) is 5.75 Å². The minimum absolute atomic E-state index is 0.179. The number of amides is 1. The molecule has 0 aliphatic rings. The molecule has 3 aromatic rings. The SMILES string of the molecule is CCOc1ccc(NC(=O)c2ccc(NC(=S)Nc3cc(C)cc(C)c3)cc2)cc1. The number of benzene rings is 3. The first-order valence-electron chi connectivity index (χ1n) is 9.73. The van der Waals surface area contributed by atoms with Crippen molar-refractivity contribution < 1.29 is 9.53 Å². The minimum atomic E-state index is -0.179. The summed E-state index contributed by atoms with van der Waals surface area (Å²) in [5.41, 5.74) is 5.35. The quantitative estimate of drug-likeness (QED) is 0.443. The van der Waals surface area contributed by atoms with Gasteiger partial charge in [-0.1, -0.05) is 6.07 Å². The van der Waals surface area contributed by atoms with Crippen molar-refractivity contribution in [2.45, 2.75) is 20.8 Å². The molecule has 154 valence electrons. The van der Waals surface area contributed by atoms with Gasteiger partial charge in [0.05, 0.1) is 6.61 Å². The van der Waals surface area contributed by atoms with E-state index in [-0.39, 0.29) is 5.91 Å². The molecule has 3 aromatic carbocycles. The first-order valence-corrected chi connectivity index (χ1v) is 10.1. The highest BCUT2D eigenvalue weighted by atomic mass is 32.1. The van der Waals surface area contributed by atoms with Gasteiger partial charge in [0.1, 0.15) is 5.75 Å². The third-order valence-electron chi connectivity index (χ3n) is 4.31. The predicted octanol–water partition coefficient (Wildman–Crippen LogP) is 5.76. The Labute approximate surface area is 182 Å². The van der Waals surface area contributed by atoms with Crippen molar-refractivity contribution in [1.82, 2.24) is 0 Å². The molecule has 5 nitrogen and oxygen atoms in total. The smallest absolute Gasteiger partial charge is 0.255 e. The first kappa shape index (κ1) is 21.3. The Hall–Kier alpha value is -3.38. The summed E-state index contributed by atoms with van der Waals surface area (Å²) >= 11 is 5.39. The predicted molar refractivity (Wildman–Crippen MR) is 128 cm³/mol. The lowest BCUT2D eigenvalue weighted by Crippen LogP contribution is -2.19. The zero-order valence-electron chi connectivity index (χ0n) is 17.3. The highest BCUT2D eigenvalue weighted by Crippen LogP contribution is 2.18. The molecule has 0 radical (unpaired) electrons. The third-order valence-corrected chi connectivity index (χ3v) is 4.51. The minimum Gasteiger partial charge on any atom is -0.494 e. The standard InChI is InChI=1S/C24H25N3O2S/c1-4-29-22-11-9-19(10-12-22)25-23(28)18-5-7-20(8-6-18)26-24(30)27-21-14-16(2)13-17(3)15-21/h5-15H,4H2,1-3H3,(H,25,28)(H2,26,27,30). The van der Waals surface area contributed by atoms with Crippen LogP contribution in [0.2, 0.25) is 0 Å². The van der Waals surface area contributed by atoms with Crippen LogP contribution in [0.4, 0.5) is 17.1 Å². The molecule has 0 spiro atoms. The highest BCUT2D eigenvalue weighted by molar-refractivity contribution is 7.80. The summed E-state index contributed by atoms with van der Waals surface area (Å²) in [6, 6.07) is 20.6. The molecule has 30 heavy (non-hydrogen) atoms. The van der Waals surface area contributed by atoms with E-state index in [1.54, 1.807) is 12.1 Å². The third kappa shape index (κ3) is 6.06. The lowest BCUT2D eigenvalue weighted by atomic mass is 10.1. The number of ether oxygens (including phenoxy) is 1. The molecule has 0 unspecified atom stereocenters. The second-order valence-corrected chi connectivity index (χ2v) is 7.35. The Morgan fingerprint density at radius 1 is 0.800 bits per heavy atom. The molecule has 0 heterocycles. The van der Waals surface area contributed by atoms with Crippen LogP contribution in [0.25, 0.3) is 0 Å². The van der Waals surface area contributed by atoms with Crippen molar-refractivity contribution in [2.24, 2.45) is 0 Å². The number of carbonyl (C=O) groups excluding carboxylic acids is 1. The second-order valence-electron chi connectivity index (χ2n) is 6.94. The van der Waals surface area contributed by atoms with Gasteiger partial charge < -0.3 is 20.7 Å². The van der Waals surface area contributed by atoms with Gasteiger partial charge in [0.25, 0.3) is 5.91 Å².